The Labute approximate surface area is 134 Å². The van der Waals surface area contributed by atoms with E-state index in [0.717, 1.165) is 38.5 Å². The Bertz CT molecular complexity index is 379. The van der Waals surface area contributed by atoms with Crippen molar-refractivity contribution in [1.82, 2.24) is 16.0 Å². The van der Waals surface area contributed by atoms with Crippen molar-refractivity contribution < 1.29 is 9.90 Å². The molecule has 2 unspecified atom stereocenters. The third-order valence-corrected chi connectivity index (χ3v) is 4.99. The summed E-state index contributed by atoms with van der Waals surface area (Å²) in [7, 11) is 0. The number of urea groups is 1. The van der Waals surface area contributed by atoms with Gasteiger partial charge in [-0.1, -0.05) is 12.8 Å². The number of rotatable bonds is 3. The zero-order valence-corrected chi connectivity index (χ0v) is 14.5. The maximum absolute atomic E-state index is 12.3. The second-order valence-electron chi connectivity index (χ2n) is 8.45. The lowest BCUT2D eigenvalue weighted by Gasteiger charge is -2.46. The van der Waals surface area contributed by atoms with Crippen molar-refractivity contribution in [2.45, 2.75) is 89.4 Å². The van der Waals surface area contributed by atoms with Crippen molar-refractivity contribution in [1.29, 1.82) is 0 Å². The topological polar surface area (TPSA) is 73.4 Å². The highest BCUT2D eigenvalue weighted by Crippen LogP contribution is 2.28. The summed E-state index contributed by atoms with van der Waals surface area (Å²) in [6, 6.07) is 0.216. The highest BCUT2D eigenvalue weighted by Gasteiger charge is 2.38. The maximum atomic E-state index is 12.3. The van der Waals surface area contributed by atoms with Gasteiger partial charge in [-0.25, -0.2) is 4.79 Å². The number of aliphatic hydroxyl groups is 1. The molecule has 1 aliphatic heterocycles. The van der Waals surface area contributed by atoms with Gasteiger partial charge in [0.05, 0.1) is 0 Å². The third-order valence-electron chi connectivity index (χ3n) is 4.99. The molecular formula is C17H33N3O2. The fourth-order valence-electron chi connectivity index (χ4n) is 4.44. The first-order valence-electron chi connectivity index (χ1n) is 8.68. The molecule has 0 aromatic heterocycles. The van der Waals surface area contributed by atoms with Crippen LogP contribution >= 0.6 is 0 Å². The minimum absolute atomic E-state index is 0.0260. The molecule has 5 nitrogen and oxygen atoms in total. The standard InChI is InChI=1S/C17H33N3O2/c1-16(2)9-13(10-17(3,4)20-16)18-15(22)19-14-8-6-5-7-12(14)11-21/h12-14,20-21H,5-11H2,1-4H3,(H2,18,19,22). The summed E-state index contributed by atoms with van der Waals surface area (Å²) in [5.41, 5.74) is 0.0519. The smallest absolute Gasteiger partial charge is 0.315 e. The van der Waals surface area contributed by atoms with Gasteiger partial charge in [0.2, 0.25) is 0 Å². The lowest BCUT2D eigenvalue weighted by atomic mass is 9.79. The van der Waals surface area contributed by atoms with E-state index in [0.29, 0.717) is 0 Å². The Morgan fingerprint density at radius 3 is 2.27 bits per heavy atom. The molecule has 0 aromatic carbocycles. The fraction of sp³-hybridized carbons (Fsp3) is 0.941. The van der Waals surface area contributed by atoms with Crippen LogP contribution in [0.5, 0.6) is 0 Å². The van der Waals surface area contributed by atoms with E-state index in [4.69, 9.17) is 0 Å². The number of hydrogen-bond acceptors (Lipinski definition) is 3. The predicted octanol–water partition coefficient (Wildman–Crippen LogP) is 2.15. The molecule has 1 saturated heterocycles. The van der Waals surface area contributed by atoms with Crippen LogP contribution in [-0.2, 0) is 0 Å². The molecule has 1 aliphatic carbocycles. The molecule has 0 spiro atoms. The van der Waals surface area contributed by atoms with E-state index in [1.165, 1.54) is 0 Å². The molecule has 128 valence electrons. The van der Waals surface area contributed by atoms with E-state index in [-0.39, 0.29) is 41.7 Å². The largest absolute Gasteiger partial charge is 0.396 e. The first-order chi connectivity index (χ1) is 10.2. The summed E-state index contributed by atoms with van der Waals surface area (Å²) >= 11 is 0. The van der Waals surface area contributed by atoms with Crippen LogP contribution in [0.4, 0.5) is 4.79 Å². The summed E-state index contributed by atoms with van der Waals surface area (Å²) in [5, 5.41) is 19.3. The quantitative estimate of drug-likeness (QED) is 0.645. The number of carbonyl (C=O) groups is 1. The monoisotopic (exact) mass is 311 g/mol. The van der Waals surface area contributed by atoms with Gasteiger partial charge < -0.3 is 21.1 Å². The molecule has 0 aromatic rings. The van der Waals surface area contributed by atoms with Gasteiger partial charge in [0, 0.05) is 35.7 Å². The number of hydrogen-bond donors (Lipinski definition) is 4. The van der Waals surface area contributed by atoms with Crippen LogP contribution in [0.25, 0.3) is 0 Å². The van der Waals surface area contributed by atoms with Crippen molar-refractivity contribution >= 4 is 6.03 Å². The minimum atomic E-state index is -0.0798. The van der Waals surface area contributed by atoms with E-state index < -0.39 is 0 Å². The van der Waals surface area contributed by atoms with Crippen molar-refractivity contribution in [2.75, 3.05) is 6.61 Å². The number of nitrogens with one attached hydrogen (secondary N) is 3. The maximum Gasteiger partial charge on any atom is 0.315 e. The molecule has 2 aliphatic rings. The summed E-state index contributed by atoms with van der Waals surface area (Å²) in [4.78, 5) is 12.3. The lowest BCUT2D eigenvalue weighted by molar-refractivity contribution is 0.138. The first kappa shape index (κ1) is 17.5. The minimum Gasteiger partial charge on any atom is -0.396 e. The van der Waals surface area contributed by atoms with Crippen LogP contribution in [0.1, 0.15) is 66.2 Å². The molecule has 2 amide bonds. The van der Waals surface area contributed by atoms with Crippen molar-refractivity contribution in [2.24, 2.45) is 5.92 Å². The molecule has 0 bridgehead atoms. The van der Waals surface area contributed by atoms with Crippen LogP contribution in [0.15, 0.2) is 0 Å². The first-order valence-corrected chi connectivity index (χ1v) is 8.68. The van der Waals surface area contributed by atoms with E-state index in [9.17, 15) is 9.90 Å². The second kappa shape index (κ2) is 6.75. The van der Waals surface area contributed by atoms with E-state index in [2.05, 4.69) is 43.6 Å². The van der Waals surface area contributed by atoms with Gasteiger partial charge in [0.15, 0.2) is 0 Å². The normalized spacial score (nSPS) is 31.5. The Balaban J connectivity index is 1.88. The van der Waals surface area contributed by atoms with Crippen molar-refractivity contribution in [3.05, 3.63) is 0 Å². The Morgan fingerprint density at radius 1 is 1.09 bits per heavy atom. The van der Waals surface area contributed by atoms with E-state index in [1.807, 2.05) is 0 Å². The predicted molar refractivity (Wildman–Crippen MR) is 88.8 cm³/mol. The zero-order chi connectivity index (χ0) is 16.4. The molecular weight excluding hydrogens is 278 g/mol. The molecule has 2 fully saturated rings. The highest BCUT2D eigenvalue weighted by molar-refractivity contribution is 5.74. The average Bonchev–Trinajstić information content (AvgIpc) is 2.35. The van der Waals surface area contributed by atoms with Crippen LogP contribution in [0.3, 0.4) is 0 Å². The summed E-state index contributed by atoms with van der Waals surface area (Å²) < 4.78 is 0. The van der Waals surface area contributed by atoms with Crippen LogP contribution in [0, 0.1) is 5.92 Å². The fourth-order valence-corrected chi connectivity index (χ4v) is 4.44. The van der Waals surface area contributed by atoms with Crippen molar-refractivity contribution in [3.8, 4) is 0 Å². The second-order valence-corrected chi connectivity index (χ2v) is 8.45. The zero-order valence-electron chi connectivity index (χ0n) is 14.5. The number of carbonyl (C=O) groups excluding carboxylic acids is 1. The Morgan fingerprint density at radius 2 is 1.68 bits per heavy atom. The number of piperidine rings is 1. The lowest BCUT2D eigenvalue weighted by Crippen LogP contribution is -2.63. The molecule has 0 radical (unpaired) electrons. The number of amides is 2. The Kier molecular flexibility index (Phi) is 5.38. The van der Waals surface area contributed by atoms with Gasteiger partial charge in [0.1, 0.15) is 0 Å². The van der Waals surface area contributed by atoms with Crippen LogP contribution in [0.2, 0.25) is 0 Å². The molecule has 1 heterocycles. The van der Waals surface area contributed by atoms with Gasteiger partial charge in [-0.15, -0.1) is 0 Å². The summed E-state index contributed by atoms with van der Waals surface area (Å²) in [6.07, 6.45) is 6.13. The van der Waals surface area contributed by atoms with E-state index >= 15 is 0 Å². The van der Waals surface area contributed by atoms with Crippen LogP contribution in [-0.4, -0.2) is 40.9 Å². The van der Waals surface area contributed by atoms with Gasteiger partial charge in [-0.2, -0.15) is 0 Å². The number of aliphatic hydroxyl groups excluding tert-OH is 1. The van der Waals surface area contributed by atoms with E-state index in [1.54, 1.807) is 0 Å². The summed E-state index contributed by atoms with van der Waals surface area (Å²) in [6.45, 7) is 8.90. The molecule has 22 heavy (non-hydrogen) atoms. The SMILES string of the molecule is CC1(C)CC(NC(=O)NC2CCCCC2CO)CC(C)(C)N1. The molecule has 1 saturated carbocycles. The van der Waals surface area contributed by atoms with Gasteiger partial charge in [-0.05, 0) is 53.4 Å². The van der Waals surface area contributed by atoms with Gasteiger partial charge in [-0.3, -0.25) is 0 Å². The molecule has 5 heteroatoms. The average molecular weight is 311 g/mol. The van der Waals surface area contributed by atoms with Gasteiger partial charge in [0.25, 0.3) is 0 Å². The van der Waals surface area contributed by atoms with Gasteiger partial charge >= 0.3 is 6.03 Å². The molecule has 4 N–H and O–H groups in total. The summed E-state index contributed by atoms with van der Waals surface area (Å²) in [5.74, 6) is 0.209. The molecule has 2 atom stereocenters. The molecule has 2 rings (SSSR count). The van der Waals surface area contributed by atoms with Crippen molar-refractivity contribution in [3.63, 3.8) is 0 Å². The third kappa shape index (κ3) is 4.85. The van der Waals surface area contributed by atoms with Crippen LogP contribution < -0.4 is 16.0 Å². The highest BCUT2D eigenvalue weighted by atomic mass is 16.3. The Hall–Kier alpha value is -0.810.